The Labute approximate surface area is 113 Å². The van der Waals surface area contributed by atoms with Crippen molar-refractivity contribution in [1.29, 1.82) is 0 Å². The van der Waals surface area contributed by atoms with Crippen LogP contribution in [0.25, 0.3) is 0 Å². The zero-order valence-electron chi connectivity index (χ0n) is 9.29. The van der Waals surface area contributed by atoms with Gasteiger partial charge in [-0.2, -0.15) is 0 Å². The zero-order valence-corrected chi connectivity index (χ0v) is 12.5. The second-order valence-corrected chi connectivity index (χ2v) is 7.01. The molecule has 0 aliphatic rings. The van der Waals surface area contributed by atoms with Crippen LogP contribution in [0, 0.1) is 6.92 Å². The van der Waals surface area contributed by atoms with E-state index in [0.717, 1.165) is 6.54 Å². The van der Waals surface area contributed by atoms with Crippen molar-refractivity contribution < 1.29 is 0 Å². The number of rotatable bonds is 4. The molecule has 0 amide bonds. The van der Waals surface area contributed by atoms with Crippen LogP contribution in [0.1, 0.15) is 27.6 Å². The fraction of sp³-hybridized carbons (Fsp3) is 0.333. The van der Waals surface area contributed by atoms with E-state index in [0.29, 0.717) is 6.04 Å². The fourth-order valence-corrected chi connectivity index (χ4v) is 3.79. The summed E-state index contributed by atoms with van der Waals surface area (Å²) in [5.41, 5.74) is 0. The molecular formula is C12H14BrNS2. The molecule has 16 heavy (non-hydrogen) atoms. The first kappa shape index (κ1) is 12.3. The zero-order chi connectivity index (χ0) is 11.5. The summed E-state index contributed by atoms with van der Waals surface area (Å²) in [6.07, 6.45) is 0. The highest BCUT2D eigenvalue weighted by atomic mass is 79.9. The Morgan fingerprint density at radius 3 is 2.81 bits per heavy atom. The van der Waals surface area contributed by atoms with Crippen LogP contribution in [0.15, 0.2) is 28.1 Å². The maximum absolute atomic E-state index is 3.54. The normalized spacial score (nSPS) is 12.9. The van der Waals surface area contributed by atoms with E-state index in [1.807, 2.05) is 11.3 Å². The lowest BCUT2D eigenvalue weighted by atomic mass is 10.2. The number of aryl methyl sites for hydroxylation is 1. The lowest BCUT2D eigenvalue weighted by Crippen LogP contribution is -2.16. The summed E-state index contributed by atoms with van der Waals surface area (Å²) in [6.45, 7) is 5.31. The number of hydrogen-bond acceptors (Lipinski definition) is 3. The van der Waals surface area contributed by atoms with Crippen molar-refractivity contribution in [3.05, 3.63) is 42.7 Å². The molecule has 0 fully saturated rings. The van der Waals surface area contributed by atoms with Gasteiger partial charge in [0.05, 0.1) is 0 Å². The molecule has 0 bridgehead atoms. The van der Waals surface area contributed by atoms with E-state index in [9.17, 15) is 0 Å². The molecule has 0 aromatic carbocycles. The summed E-state index contributed by atoms with van der Waals surface area (Å²) in [6, 6.07) is 6.99. The lowest BCUT2D eigenvalue weighted by molar-refractivity contribution is 0.587. The molecule has 2 aromatic heterocycles. The van der Waals surface area contributed by atoms with Gasteiger partial charge in [0, 0.05) is 37.1 Å². The average molecular weight is 316 g/mol. The molecule has 1 atom stereocenters. The van der Waals surface area contributed by atoms with E-state index >= 15 is 0 Å². The minimum atomic E-state index is 0.430. The van der Waals surface area contributed by atoms with E-state index < -0.39 is 0 Å². The molecule has 86 valence electrons. The third kappa shape index (κ3) is 3.17. The van der Waals surface area contributed by atoms with Crippen molar-refractivity contribution >= 4 is 38.6 Å². The van der Waals surface area contributed by atoms with E-state index in [2.05, 4.69) is 58.7 Å². The van der Waals surface area contributed by atoms with Crippen LogP contribution < -0.4 is 5.32 Å². The van der Waals surface area contributed by atoms with Gasteiger partial charge < -0.3 is 5.32 Å². The van der Waals surface area contributed by atoms with Crippen molar-refractivity contribution in [2.75, 3.05) is 0 Å². The topological polar surface area (TPSA) is 12.0 Å². The Hall–Kier alpha value is -0.160. The van der Waals surface area contributed by atoms with Crippen LogP contribution in [0.2, 0.25) is 0 Å². The van der Waals surface area contributed by atoms with Crippen LogP contribution in [-0.4, -0.2) is 0 Å². The molecule has 4 heteroatoms. The predicted octanol–water partition coefficient (Wildman–Crippen LogP) is 4.73. The van der Waals surface area contributed by atoms with Crippen LogP contribution in [0.3, 0.4) is 0 Å². The molecule has 0 spiro atoms. The summed E-state index contributed by atoms with van der Waals surface area (Å²) < 4.78 is 1.17. The Balaban J connectivity index is 1.91. The molecule has 0 radical (unpaired) electrons. The first-order chi connectivity index (χ1) is 7.65. The molecule has 2 rings (SSSR count). The minimum Gasteiger partial charge on any atom is -0.305 e. The number of thiophene rings is 2. The first-order valence-corrected chi connectivity index (χ1v) is 7.66. The lowest BCUT2D eigenvalue weighted by Gasteiger charge is -2.10. The van der Waals surface area contributed by atoms with Gasteiger partial charge in [0.25, 0.3) is 0 Å². The highest BCUT2D eigenvalue weighted by Gasteiger charge is 2.07. The van der Waals surface area contributed by atoms with Gasteiger partial charge in [-0.15, -0.1) is 22.7 Å². The molecule has 0 aliphatic carbocycles. The van der Waals surface area contributed by atoms with Crippen molar-refractivity contribution in [3.8, 4) is 0 Å². The Morgan fingerprint density at radius 2 is 2.25 bits per heavy atom. The van der Waals surface area contributed by atoms with Gasteiger partial charge in [-0.25, -0.2) is 0 Å². The highest BCUT2D eigenvalue weighted by molar-refractivity contribution is 9.10. The SMILES string of the molecule is Cc1ccc(C(C)NCc2cc(Br)cs2)s1. The van der Waals surface area contributed by atoms with Gasteiger partial charge in [-0.1, -0.05) is 0 Å². The van der Waals surface area contributed by atoms with Crippen LogP contribution >= 0.6 is 38.6 Å². The van der Waals surface area contributed by atoms with Crippen LogP contribution in [0.4, 0.5) is 0 Å². The fourth-order valence-electron chi connectivity index (χ4n) is 1.49. The van der Waals surface area contributed by atoms with Crippen molar-refractivity contribution in [2.45, 2.75) is 26.4 Å². The highest BCUT2D eigenvalue weighted by Crippen LogP contribution is 2.24. The monoisotopic (exact) mass is 315 g/mol. The van der Waals surface area contributed by atoms with Crippen LogP contribution in [0.5, 0.6) is 0 Å². The second-order valence-electron chi connectivity index (χ2n) is 3.78. The van der Waals surface area contributed by atoms with Gasteiger partial charge >= 0.3 is 0 Å². The Kier molecular flexibility index (Phi) is 4.19. The third-order valence-electron chi connectivity index (χ3n) is 2.39. The van der Waals surface area contributed by atoms with Gasteiger partial charge in [-0.3, -0.25) is 0 Å². The maximum atomic E-state index is 3.54. The van der Waals surface area contributed by atoms with Gasteiger partial charge in [-0.05, 0) is 48.0 Å². The smallest absolute Gasteiger partial charge is 0.0389 e. The summed E-state index contributed by atoms with van der Waals surface area (Å²) in [5.74, 6) is 0. The quantitative estimate of drug-likeness (QED) is 0.860. The summed E-state index contributed by atoms with van der Waals surface area (Å²) in [4.78, 5) is 4.16. The number of nitrogens with one attached hydrogen (secondary N) is 1. The Morgan fingerprint density at radius 1 is 1.44 bits per heavy atom. The van der Waals surface area contributed by atoms with Gasteiger partial charge in [0.15, 0.2) is 0 Å². The third-order valence-corrected chi connectivity index (χ3v) is 5.27. The minimum absolute atomic E-state index is 0.430. The molecule has 1 unspecified atom stereocenters. The first-order valence-electron chi connectivity index (χ1n) is 5.18. The largest absolute Gasteiger partial charge is 0.305 e. The summed E-state index contributed by atoms with van der Waals surface area (Å²) in [5, 5.41) is 5.66. The van der Waals surface area contributed by atoms with Crippen molar-refractivity contribution in [2.24, 2.45) is 0 Å². The molecule has 1 N–H and O–H groups in total. The molecule has 1 nitrogen and oxygen atoms in total. The second kappa shape index (κ2) is 5.45. The number of halogens is 1. The summed E-state index contributed by atoms with van der Waals surface area (Å²) >= 11 is 7.13. The van der Waals surface area contributed by atoms with E-state index in [1.54, 1.807) is 11.3 Å². The van der Waals surface area contributed by atoms with Gasteiger partial charge in [0.2, 0.25) is 0 Å². The Bertz CT molecular complexity index is 461. The van der Waals surface area contributed by atoms with Gasteiger partial charge in [0.1, 0.15) is 0 Å². The van der Waals surface area contributed by atoms with E-state index in [1.165, 1.54) is 19.1 Å². The van der Waals surface area contributed by atoms with Crippen LogP contribution in [-0.2, 0) is 6.54 Å². The number of hydrogen-bond donors (Lipinski definition) is 1. The summed E-state index contributed by atoms with van der Waals surface area (Å²) in [7, 11) is 0. The molecular weight excluding hydrogens is 302 g/mol. The molecule has 0 saturated carbocycles. The molecule has 2 aromatic rings. The van der Waals surface area contributed by atoms with E-state index in [-0.39, 0.29) is 0 Å². The average Bonchev–Trinajstić information content (AvgIpc) is 2.84. The standard InChI is InChI=1S/C12H14BrNS2/c1-8-3-4-12(16-8)9(2)14-6-11-5-10(13)7-15-11/h3-5,7,9,14H,6H2,1-2H3. The maximum Gasteiger partial charge on any atom is 0.0389 e. The molecule has 0 aliphatic heterocycles. The molecule has 0 saturated heterocycles. The van der Waals surface area contributed by atoms with Crippen molar-refractivity contribution in [1.82, 2.24) is 5.32 Å². The van der Waals surface area contributed by atoms with E-state index in [4.69, 9.17) is 0 Å². The molecule has 2 heterocycles. The predicted molar refractivity (Wildman–Crippen MR) is 76.3 cm³/mol. The van der Waals surface area contributed by atoms with Crippen molar-refractivity contribution in [3.63, 3.8) is 0 Å².